The molecule has 0 aliphatic carbocycles. The van der Waals surface area contributed by atoms with E-state index in [9.17, 15) is 4.79 Å². The lowest BCUT2D eigenvalue weighted by Crippen LogP contribution is -2.38. The molecule has 1 fully saturated rings. The topological polar surface area (TPSA) is 74.7 Å². The fraction of sp³-hybridized carbons (Fsp3) is 0.400. The fourth-order valence-corrected chi connectivity index (χ4v) is 5.53. The molecule has 1 atom stereocenters. The predicted molar refractivity (Wildman–Crippen MR) is 112 cm³/mol. The second-order valence-corrected chi connectivity index (χ2v) is 9.13. The van der Waals surface area contributed by atoms with Gasteiger partial charge in [-0.2, -0.15) is 0 Å². The number of aliphatic hydroxyl groups is 1. The number of fused-ring (bicyclic) bond motifs is 1. The van der Waals surface area contributed by atoms with Crippen LogP contribution in [0.4, 0.5) is 0 Å². The smallest absolute Gasteiger partial charge is 0.261 e. The van der Waals surface area contributed by atoms with E-state index in [1.807, 2.05) is 31.3 Å². The van der Waals surface area contributed by atoms with Crippen LogP contribution in [0.2, 0.25) is 0 Å². The largest absolute Gasteiger partial charge is 0.395 e. The van der Waals surface area contributed by atoms with Crippen molar-refractivity contribution in [2.24, 2.45) is 0 Å². The van der Waals surface area contributed by atoms with E-state index < -0.39 is 0 Å². The number of thiophene rings is 1. The highest BCUT2D eigenvalue weighted by molar-refractivity contribution is 7.21. The van der Waals surface area contributed by atoms with E-state index in [1.165, 1.54) is 16.2 Å². The van der Waals surface area contributed by atoms with Crippen LogP contribution >= 0.6 is 22.7 Å². The summed E-state index contributed by atoms with van der Waals surface area (Å²) >= 11 is 3.20. The lowest BCUT2D eigenvalue weighted by atomic mass is 10.0. The predicted octanol–water partition coefficient (Wildman–Crippen LogP) is 2.96. The molecule has 2 N–H and O–H groups in total. The minimum atomic E-state index is -0.159. The number of thiazole rings is 1. The third-order valence-electron chi connectivity index (χ3n) is 4.76. The number of aromatic nitrogens is 1. The highest BCUT2D eigenvalue weighted by Gasteiger charge is 2.29. The molecule has 3 aromatic rings. The van der Waals surface area contributed by atoms with Gasteiger partial charge in [0.05, 0.1) is 29.2 Å². The first-order valence-electron chi connectivity index (χ1n) is 9.31. The Kier molecular flexibility index (Phi) is 6.03. The molecule has 0 bridgehead atoms. The summed E-state index contributed by atoms with van der Waals surface area (Å²) in [6, 6.07) is 8.07. The zero-order chi connectivity index (χ0) is 19.5. The number of nitrogens with zero attached hydrogens (tertiary/aromatic N) is 2. The molecule has 0 unspecified atom stereocenters. The van der Waals surface area contributed by atoms with Crippen molar-refractivity contribution in [1.29, 1.82) is 0 Å². The molecule has 28 heavy (non-hydrogen) atoms. The van der Waals surface area contributed by atoms with Crippen LogP contribution in [0.5, 0.6) is 0 Å². The number of aliphatic hydroxyl groups excluding tert-OH is 1. The second kappa shape index (κ2) is 8.67. The molecule has 2 aromatic heterocycles. The molecule has 1 amide bonds. The van der Waals surface area contributed by atoms with Crippen molar-refractivity contribution in [1.82, 2.24) is 15.2 Å². The van der Waals surface area contributed by atoms with Gasteiger partial charge in [0.2, 0.25) is 0 Å². The second-order valence-electron chi connectivity index (χ2n) is 6.76. The first-order valence-corrected chi connectivity index (χ1v) is 10.9. The summed E-state index contributed by atoms with van der Waals surface area (Å²) in [5.74, 6) is -0.149. The summed E-state index contributed by atoms with van der Waals surface area (Å²) in [6.45, 7) is 5.26. The van der Waals surface area contributed by atoms with Crippen LogP contribution in [0.1, 0.15) is 31.2 Å². The standard InChI is InChI=1S/C20H23N3O3S2/c1-13-22-10-14(27-13)11-23-7-9-26-16(12-23)18-15-4-2-3-5-17(15)28-19(18)20(25)21-6-8-24/h2-5,10,16,24H,6-9,11-12H2,1H3,(H,21,25)/t16-/m0/s1. The average molecular weight is 418 g/mol. The maximum absolute atomic E-state index is 12.7. The Hall–Kier alpha value is -1.84. The van der Waals surface area contributed by atoms with Crippen LogP contribution in [0.3, 0.4) is 0 Å². The number of aryl methyl sites for hydroxylation is 1. The van der Waals surface area contributed by atoms with Gasteiger partial charge < -0.3 is 15.2 Å². The van der Waals surface area contributed by atoms with Gasteiger partial charge in [0.15, 0.2) is 0 Å². The molecule has 1 aliphatic heterocycles. The van der Waals surface area contributed by atoms with Crippen molar-refractivity contribution < 1.29 is 14.6 Å². The van der Waals surface area contributed by atoms with Crippen molar-refractivity contribution >= 4 is 38.7 Å². The lowest BCUT2D eigenvalue weighted by molar-refractivity contribution is -0.0320. The van der Waals surface area contributed by atoms with Gasteiger partial charge in [0, 0.05) is 47.5 Å². The molecule has 0 saturated carbocycles. The van der Waals surface area contributed by atoms with Crippen molar-refractivity contribution in [3.05, 3.63) is 50.8 Å². The quantitative estimate of drug-likeness (QED) is 0.645. The van der Waals surface area contributed by atoms with Crippen molar-refractivity contribution in [3.63, 3.8) is 0 Å². The minimum absolute atomic E-state index is 0.0755. The molecular weight excluding hydrogens is 394 g/mol. The van der Waals surface area contributed by atoms with Crippen molar-refractivity contribution in [2.45, 2.75) is 19.6 Å². The average Bonchev–Trinajstić information content (AvgIpc) is 3.29. The number of morpholine rings is 1. The Bertz CT molecular complexity index is 969. The minimum Gasteiger partial charge on any atom is -0.395 e. The SMILES string of the molecule is Cc1ncc(CN2CCO[C@H](c3c(C(=O)NCCO)sc4ccccc34)C2)s1. The van der Waals surface area contributed by atoms with E-state index in [-0.39, 0.29) is 25.2 Å². The molecule has 8 heteroatoms. The number of hydrogen-bond acceptors (Lipinski definition) is 7. The number of carbonyl (C=O) groups is 1. The molecule has 148 valence electrons. The highest BCUT2D eigenvalue weighted by Crippen LogP contribution is 2.38. The third kappa shape index (κ3) is 4.11. The molecule has 1 aliphatic rings. The Balaban J connectivity index is 1.62. The molecule has 0 spiro atoms. The van der Waals surface area contributed by atoms with Gasteiger partial charge in [0.1, 0.15) is 0 Å². The van der Waals surface area contributed by atoms with Crippen LogP contribution in [-0.2, 0) is 11.3 Å². The van der Waals surface area contributed by atoms with E-state index >= 15 is 0 Å². The number of benzene rings is 1. The molecule has 1 aromatic carbocycles. The summed E-state index contributed by atoms with van der Waals surface area (Å²) in [5.41, 5.74) is 0.959. The van der Waals surface area contributed by atoms with Crippen LogP contribution < -0.4 is 5.32 Å². The summed E-state index contributed by atoms with van der Waals surface area (Å²) in [6.07, 6.45) is 1.78. The van der Waals surface area contributed by atoms with Gasteiger partial charge in [-0.15, -0.1) is 22.7 Å². The number of hydrogen-bond donors (Lipinski definition) is 2. The van der Waals surface area contributed by atoms with E-state index in [0.29, 0.717) is 11.5 Å². The molecule has 6 nitrogen and oxygen atoms in total. The van der Waals surface area contributed by atoms with Gasteiger partial charge >= 0.3 is 0 Å². The molecule has 3 heterocycles. The van der Waals surface area contributed by atoms with Crippen LogP contribution in [-0.4, -0.2) is 53.7 Å². The normalized spacial score (nSPS) is 17.9. The summed E-state index contributed by atoms with van der Waals surface area (Å²) in [7, 11) is 0. The van der Waals surface area contributed by atoms with Crippen LogP contribution in [0, 0.1) is 6.92 Å². The third-order valence-corrected chi connectivity index (χ3v) is 6.84. The van der Waals surface area contributed by atoms with Crippen LogP contribution in [0.25, 0.3) is 10.1 Å². The summed E-state index contributed by atoms with van der Waals surface area (Å²) < 4.78 is 7.20. The highest BCUT2D eigenvalue weighted by atomic mass is 32.1. The van der Waals surface area contributed by atoms with Crippen molar-refractivity contribution in [3.8, 4) is 0 Å². The Labute approximate surface area is 171 Å². The number of ether oxygens (including phenoxy) is 1. The van der Waals surface area contributed by atoms with Gasteiger partial charge in [-0.3, -0.25) is 9.69 Å². The Morgan fingerprint density at radius 1 is 1.39 bits per heavy atom. The van der Waals surface area contributed by atoms with Crippen molar-refractivity contribution in [2.75, 3.05) is 32.8 Å². The Morgan fingerprint density at radius 2 is 2.25 bits per heavy atom. The molecular formula is C20H23N3O3S2. The number of nitrogens with one attached hydrogen (secondary N) is 1. The van der Waals surface area contributed by atoms with E-state index in [2.05, 4.69) is 21.3 Å². The zero-order valence-corrected chi connectivity index (χ0v) is 17.3. The molecule has 1 saturated heterocycles. The number of carbonyl (C=O) groups excluding carboxylic acids is 1. The van der Waals surface area contributed by atoms with E-state index in [4.69, 9.17) is 9.84 Å². The van der Waals surface area contributed by atoms with E-state index in [1.54, 1.807) is 11.3 Å². The first kappa shape index (κ1) is 19.5. The maximum Gasteiger partial charge on any atom is 0.261 e. The molecule has 4 rings (SSSR count). The van der Waals surface area contributed by atoms with Gasteiger partial charge in [-0.25, -0.2) is 4.98 Å². The monoisotopic (exact) mass is 417 g/mol. The summed E-state index contributed by atoms with van der Waals surface area (Å²) in [5, 5.41) is 14.0. The van der Waals surface area contributed by atoms with Gasteiger partial charge in [0.25, 0.3) is 5.91 Å². The maximum atomic E-state index is 12.7. The van der Waals surface area contributed by atoms with E-state index in [0.717, 1.165) is 40.3 Å². The fourth-order valence-electron chi connectivity index (χ4n) is 3.52. The van der Waals surface area contributed by atoms with Gasteiger partial charge in [-0.1, -0.05) is 18.2 Å². The number of rotatable bonds is 6. The number of amides is 1. The molecule has 0 radical (unpaired) electrons. The lowest BCUT2D eigenvalue weighted by Gasteiger charge is -2.33. The first-order chi connectivity index (χ1) is 13.7. The van der Waals surface area contributed by atoms with Gasteiger partial charge in [-0.05, 0) is 18.4 Å². The van der Waals surface area contributed by atoms with Crippen LogP contribution in [0.15, 0.2) is 30.5 Å². The Morgan fingerprint density at radius 3 is 3.04 bits per heavy atom. The summed E-state index contributed by atoms with van der Waals surface area (Å²) in [4.78, 5) is 21.4. The zero-order valence-electron chi connectivity index (χ0n) is 15.7.